The molecule has 0 unspecified atom stereocenters. The summed E-state index contributed by atoms with van der Waals surface area (Å²) in [5.74, 6) is 0. The van der Waals surface area contributed by atoms with Crippen molar-refractivity contribution in [1.29, 1.82) is 0 Å². The van der Waals surface area contributed by atoms with Crippen molar-refractivity contribution in [2.24, 2.45) is 0 Å². The molecular formula is C11H12N2. The van der Waals surface area contributed by atoms with Gasteiger partial charge in [0.1, 0.15) is 5.65 Å². The van der Waals surface area contributed by atoms with Crippen molar-refractivity contribution in [3.05, 3.63) is 36.2 Å². The molecule has 0 aromatic carbocycles. The fraction of sp³-hybridized carbons (Fsp3) is 0.182. The highest BCUT2D eigenvalue weighted by Gasteiger charge is 2.03. The molecule has 2 rings (SSSR count). The minimum absolute atomic E-state index is 0.957. The van der Waals surface area contributed by atoms with Gasteiger partial charge in [-0.3, -0.25) is 0 Å². The molecule has 13 heavy (non-hydrogen) atoms. The van der Waals surface area contributed by atoms with Gasteiger partial charge in [0.15, 0.2) is 0 Å². The van der Waals surface area contributed by atoms with Crippen LogP contribution in [0.4, 0.5) is 0 Å². The SMILES string of the molecule is C/C=C(\C)c1c[nH]c2ncccc12. The van der Waals surface area contributed by atoms with Crippen LogP contribution in [0.3, 0.4) is 0 Å². The molecule has 0 saturated carbocycles. The predicted octanol–water partition coefficient (Wildman–Crippen LogP) is 2.99. The summed E-state index contributed by atoms with van der Waals surface area (Å²) >= 11 is 0. The van der Waals surface area contributed by atoms with E-state index < -0.39 is 0 Å². The zero-order valence-corrected chi connectivity index (χ0v) is 7.83. The maximum atomic E-state index is 4.24. The number of fused-ring (bicyclic) bond motifs is 1. The van der Waals surface area contributed by atoms with Crippen LogP contribution < -0.4 is 0 Å². The third kappa shape index (κ3) is 1.24. The van der Waals surface area contributed by atoms with Gasteiger partial charge in [-0.25, -0.2) is 4.98 Å². The maximum Gasteiger partial charge on any atom is 0.137 e. The first-order chi connectivity index (χ1) is 6.33. The maximum absolute atomic E-state index is 4.24. The Morgan fingerprint density at radius 1 is 1.54 bits per heavy atom. The Hall–Kier alpha value is -1.57. The molecule has 0 aliphatic heterocycles. The molecule has 0 amide bonds. The first kappa shape index (κ1) is 8.05. The molecule has 0 atom stereocenters. The van der Waals surface area contributed by atoms with E-state index in [1.165, 1.54) is 16.5 Å². The highest BCUT2D eigenvalue weighted by Crippen LogP contribution is 2.22. The molecule has 2 heterocycles. The number of allylic oxidation sites excluding steroid dienone is 2. The number of nitrogens with zero attached hydrogens (tertiary/aromatic N) is 1. The lowest BCUT2D eigenvalue weighted by atomic mass is 10.1. The molecule has 0 bridgehead atoms. The van der Waals surface area contributed by atoms with Crippen LogP contribution in [0.2, 0.25) is 0 Å². The fourth-order valence-electron chi connectivity index (χ4n) is 1.44. The van der Waals surface area contributed by atoms with E-state index in [0.29, 0.717) is 0 Å². The Labute approximate surface area is 77.3 Å². The third-order valence-corrected chi connectivity index (χ3v) is 2.31. The zero-order chi connectivity index (χ0) is 9.26. The van der Waals surface area contributed by atoms with Gasteiger partial charge in [-0.2, -0.15) is 0 Å². The van der Waals surface area contributed by atoms with Gasteiger partial charge in [0.2, 0.25) is 0 Å². The Bertz CT molecular complexity index is 452. The highest BCUT2D eigenvalue weighted by molar-refractivity contribution is 5.89. The van der Waals surface area contributed by atoms with Gasteiger partial charge in [-0.05, 0) is 31.6 Å². The normalized spacial score (nSPS) is 12.3. The van der Waals surface area contributed by atoms with Crippen LogP contribution in [0, 0.1) is 0 Å². The van der Waals surface area contributed by atoms with E-state index in [2.05, 4.69) is 29.0 Å². The topological polar surface area (TPSA) is 28.7 Å². The van der Waals surface area contributed by atoms with Gasteiger partial charge < -0.3 is 4.98 Å². The molecular weight excluding hydrogens is 160 g/mol. The molecule has 66 valence electrons. The van der Waals surface area contributed by atoms with Crippen LogP contribution >= 0.6 is 0 Å². The summed E-state index contributed by atoms with van der Waals surface area (Å²) < 4.78 is 0. The molecule has 0 aliphatic carbocycles. The van der Waals surface area contributed by atoms with E-state index in [0.717, 1.165) is 5.65 Å². The Morgan fingerprint density at radius 2 is 2.38 bits per heavy atom. The second-order valence-corrected chi connectivity index (χ2v) is 3.07. The molecule has 2 aromatic rings. The smallest absolute Gasteiger partial charge is 0.137 e. The molecule has 0 aliphatic rings. The van der Waals surface area contributed by atoms with Gasteiger partial charge in [-0.1, -0.05) is 6.08 Å². The van der Waals surface area contributed by atoms with Crippen molar-refractivity contribution in [3.63, 3.8) is 0 Å². The lowest BCUT2D eigenvalue weighted by molar-refractivity contribution is 1.32. The van der Waals surface area contributed by atoms with E-state index in [1.54, 1.807) is 6.20 Å². The molecule has 0 spiro atoms. The second-order valence-electron chi connectivity index (χ2n) is 3.07. The number of aromatic nitrogens is 2. The summed E-state index contributed by atoms with van der Waals surface area (Å²) in [4.78, 5) is 7.39. The van der Waals surface area contributed by atoms with Gasteiger partial charge in [0.25, 0.3) is 0 Å². The lowest BCUT2D eigenvalue weighted by Gasteiger charge is -1.96. The quantitative estimate of drug-likeness (QED) is 0.703. The first-order valence-corrected chi connectivity index (χ1v) is 4.38. The first-order valence-electron chi connectivity index (χ1n) is 4.38. The minimum atomic E-state index is 0.957. The molecule has 0 fully saturated rings. The Balaban J connectivity index is 2.71. The fourth-order valence-corrected chi connectivity index (χ4v) is 1.44. The number of H-pyrrole nitrogens is 1. The Morgan fingerprint density at radius 3 is 3.15 bits per heavy atom. The number of rotatable bonds is 1. The van der Waals surface area contributed by atoms with Gasteiger partial charge in [0, 0.05) is 23.3 Å². The van der Waals surface area contributed by atoms with Gasteiger partial charge in [-0.15, -0.1) is 0 Å². The summed E-state index contributed by atoms with van der Waals surface area (Å²) in [6.07, 6.45) is 5.91. The van der Waals surface area contributed by atoms with Crippen molar-refractivity contribution >= 4 is 16.6 Å². The predicted molar refractivity (Wildman–Crippen MR) is 55.4 cm³/mol. The largest absolute Gasteiger partial charge is 0.346 e. The van der Waals surface area contributed by atoms with Crippen molar-refractivity contribution in [3.8, 4) is 0 Å². The summed E-state index contributed by atoms with van der Waals surface area (Å²) in [5.41, 5.74) is 3.48. The van der Waals surface area contributed by atoms with Crippen molar-refractivity contribution in [2.45, 2.75) is 13.8 Å². The lowest BCUT2D eigenvalue weighted by Crippen LogP contribution is -1.76. The van der Waals surface area contributed by atoms with Crippen molar-refractivity contribution in [2.75, 3.05) is 0 Å². The molecule has 0 saturated heterocycles. The number of aromatic amines is 1. The Kier molecular flexibility index (Phi) is 1.89. The zero-order valence-electron chi connectivity index (χ0n) is 7.83. The summed E-state index contributed by atoms with van der Waals surface area (Å²) in [7, 11) is 0. The van der Waals surface area contributed by atoms with Crippen LogP contribution in [0.15, 0.2) is 30.6 Å². The molecule has 0 radical (unpaired) electrons. The summed E-state index contributed by atoms with van der Waals surface area (Å²) in [6.45, 7) is 4.15. The molecule has 2 nitrogen and oxygen atoms in total. The van der Waals surface area contributed by atoms with Gasteiger partial charge in [0.05, 0.1) is 0 Å². The van der Waals surface area contributed by atoms with Crippen LogP contribution in [-0.2, 0) is 0 Å². The highest BCUT2D eigenvalue weighted by atomic mass is 14.8. The standard InChI is InChI=1S/C11H12N2/c1-3-8(2)10-7-13-11-9(10)5-4-6-12-11/h3-7H,1-2H3,(H,12,13)/b8-3+. The molecule has 2 aromatic heterocycles. The van der Waals surface area contributed by atoms with Crippen LogP contribution in [-0.4, -0.2) is 9.97 Å². The van der Waals surface area contributed by atoms with E-state index in [1.807, 2.05) is 19.2 Å². The molecule has 2 heteroatoms. The minimum Gasteiger partial charge on any atom is -0.346 e. The number of hydrogen-bond donors (Lipinski definition) is 1. The summed E-state index contributed by atoms with van der Waals surface area (Å²) in [6, 6.07) is 4.05. The number of hydrogen-bond acceptors (Lipinski definition) is 1. The van der Waals surface area contributed by atoms with E-state index in [4.69, 9.17) is 0 Å². The average Bonchev–Trinajstić information content (AvgIpc) is 2.60. The second kappa shape index (κ2) is 3.05. The van der Waals surface area contributed by atoms with E-state index >= 15 is 0 Å². The van der Waals surface area contributed by atoms with Crippen LogP contribution in [0.25, 0.3) is 16.6 Å². The average molecular weight is 172 g/mol. The van der Waals surface area contributed by atoms with Crippen molar-refractivity contribution in [1.82, 2.24) is 9.97 Å². The van der Waals surface area contributed by atoms with Crippen LogP contribution in [0.1, 0.15) is 19.4 Å². The number of nitrogens with one attached hydrogen (secondary N) is 1. The third-order valence-electron chi connectivity index (χ3n) is 2.31. The van der Waals surface area contributed by atoms with E-state index in [9.17, 15) is 0 Å². The van der Waals surface area contributed by atoms with Gasteiger partial charge >= 0.3 is 0 Å². The van der Waals surface area contributed by atoms with Crippen molar-refractivity contribution < 1.29 is 0 Å². The summed E-state index contributed by atoms with van der Waals surface area (Å²) in [5, 5.41) is 1.19. The number of pyridine rings is 1. The van der Waals surface area contributed by atoms with Crippen LogP contribution in [0.5, 0.6) is 0 Å². The molecule has 1 N–H and O–H groups in total. The van der Waals surface area contributed by atoms with E-state index in [-0.39, 0.29) is 0 Å². The monoisotopic (exact) mass is 172 g/mol.